The molecule has 2 aromatic carbocycles. The third-order valence-electron chi connectivity index (χ3n) is 2.67. The van der Waals surface area contributed by atoms with Crippen LogP contribution in [-0.2, 0) is 11.2 Å². The summed E-state index contributed by atoms with van der Waals surface area (Å²) in [4.78, 5) is 11.3. The Kier molecular flexibility index (Phi) is 2.86. The fourth-order valence-electron chi connectivity index (χ4n) is 1.80. The number of rotatable bonds is 3. The molecule has 0 amide bonds. The van der Waals surface area contributed by atoms with Crippen LogP contribution in [-0.4, -0.2) is 5.78 Å². The Morgan fingerprint density at radius 3 is 2.62 bits per heavy atom. The topological polar surface area (TPSA) is 17.1 Å². The van der Waals surface area contributed by atoms with Crippen LogP contribution in [0.1, 0.15) is 11.1 Å². The van der Waals surface area contributed by atoms with Crippen molar-refractivity contribution in [3.8, 4) is 0 Å². The number of allylic oxidation sites excluding steroid dienone is 1. The summed E-state index contributed by atoms with van der Waals surface area (Å²) in [7, 11) is 0. The molecular weight excluding hydrogens is 196 g/mol. The Balaban J connectivity index is 2.40. The van der Waals surface area contributed by atoms with Gasteiger partial charge in [-0.05, 0) is 29.3 Å². The average molecular weight is 210 g/mol. The van der Waals surface area contributed by atoms with Gasteiger partial charge in [0.25, 0.3) is 0 Å². The second-order valence-corrected chi connectivity index (χ2v) is 4.03. The van der Waals surface area contributed by atoms with Crippen molar-refractivity contribution in [1.29, 1.82) is 0 Å². The van der Waals surface area contributed by atoms with E-state index in [0.717, 1.165) is 5.56 Å². The summed E-state index contributed by atoms with van der Waals surface area (Å²) in [5, 5.41) is 2.40. The lowest BCUT2D eigenvalue weighted by molar-refractivity contribution is -0.114. The maximum Gasteiger partial charge on any atom is 0.159 e. The molecule has 0 spiro atoms. The minimum absolute atomic E-state index is 0.0615. The summed E-state index contributed by atoms with van der Waals surface area (Å²) in [6, 6.07) is 12.5. The van der Waals surface area contributed by atoms with Crippen molar-refractivity contribution >= 4 is 16.6 Å². The van der Waals surface area contributed by atoms with Gasteiger partial charge in [-0.2, -0.15) is 0 Å². The zero-order chi connectivity index (χ0) is 11.5. The SMILES string of the molecule is C=CC(=O)Cc1ccc2cc(C)ccc2c1. The second-order valence-electron chi connectivity index (χ2n) is 4.03. The lowest BCUT2D eigenvalue weighted by Crippen LogP contribution is -1.97. The van der Waals surface area contributed by atoms with E-state index in [-0.39, 0.29) is 5.78 Å². The van der Waals surface area contributed by atoms with Gasteiger partial charge in [-0.25, -0.2) is 0 Å². The number of ketones is 1. The molecule has 0 aromatic heterocycles. The van der Waals surface area contributed by atoms with Gasteiger partial charge in [0, 0.05) is 6.42 Å². The molecule has 0 bridgehead atoms. The number of hydrogen-bond acceptors (Lipinski definition) is 1. The molecule has 2 rings (SSSR count). The van der Waals surface area contributed by atoms with Crippen LogP contribution in [0.4, 0.5) is 0 Å². The molecule has 0 radical (unpaired) electrons. The van der Waals surface area contributed by atoms with Crippen molar-refractivity contribution in [2.45, 2.75) is 13.3 Å². The normalized spacial score (nSPS) is 10.3. The van der Waals surface area contributed by atoms with E-state index in [1.165, 1.54) is 22.4 Å². The second kappa shape index (κ2) is 4.31. The Hall–Kier alpha value is -1.89. The molecule has 0 aliphatic carbocycles. The fourth-order valence-corrected chi connectivity index (χ4v) is 1.80. The van der Waals surface area contributed by atoms with Crippen LogP contribution in [0.25, 0.3) is 10.8 Å². The number of fused-ring (bicyclic) bond motifs is 1. The molecule has 0 saturated heterocycles. The third-order valence-corrected chi connectivity index (χ3v) is 2.67. The van der Waals surface area contributed by atoms with Gasteiger partial charge in [-0.3, -0.25) is 4.79 Å². The molecule has 0 heterocycles. The van der Waals surface area contributed by atoms with E-state index >= 15 is 0 Å². The summed E-state index contributed by atoms with van der Waals surface area (Å²) < 4.78 is 0. The van der Waals surface area contributed by atoms with Crippen molar-refractivity contribution in [2.75, 3.05) is 0 Å². The van der Waals surface area contributed by atoms with Crippen molar-refractivity contribution in [3.05, 3.63) is 60.2 Å². The Labute approximate surface area is 95.4 Å². The highest BCUT2D eigenvalue weighted by Gasteiger charge is 2.00. The smallest absolute Gasteiger partial charge is 0.159 e. The predicted octanol–water partition coefficient (Wildman–Crippen LogP) is 3.45. The van der Waals surface area contributed by atoms with Gasteiger partial charge >= 0.3 is 0 Å². The maximum atomic E-state index is 11.3. The van der Waals surface area contributed by atoms with Gasteiger partial charge in [-0.15, -0.1) is 0 Å². The van der Waals surface area contributed by atoms with E-state index in [1.807, 2.05) is 6.07 Å². The standard InChI is InChI=1S/C15H14O/c1-3-15(16)10-12-5-7-13-8-11(2)4-6-14(13)9-12/h3-9H,1,10H2,2H3. The van der Waals surface area contributed by atoms with Gasteiger partial charge in [0.1, 0.15) is 0 Å². The van der Waals surface area contributed by atoms with Gasteiger partial charge in [0.15, 0.2) is 5.78 Å². The molecule has 0 unspecified atom stereocenters. The van der Waals surface area contributed by atoms with Crippen LogP contribution < -0.4 is 0 Å². The fraction of sp³-hybridized carbons (Fsp3) is 0.133. The molecule has 0 fully saturated rings. The Bertz CT molecular complexity index is 552. The van der Waals surface area contributed by atoms with Crippen LogP contribution in [0.5, 0.6) is 0 Å². The van der Waals surface area contributed by atoms with Crippen LogP contribution in [0, 0.1) is 6.92 Å². The summed E-state index contributed by atoms with van der Waals surface area (Å²) in [5.74, 6) is 0.0615. The van der Waals surface area contributed by atoms with Gasteiger partial charge < -0.3 is 0 Å². The van der Waals surface area contributed by atoms with Gasteiger partial charge in [0.05, 0.1) is 0 Å². The van der Waals surface area contributed by atoms with E-state index in [4.69, 9.17) is 0 Å². The summed E-state index contributed by atoms with van der Waals surface area (Å²) in [6.45, 7) is 5.56. The minimum atomic E-state index is 0.0615. The van der Waals surface area contributed by atoms with E-state index in [0.29, 0.717) is 6.42 Å². The van der Waals surface area contributed by atoms with E-state index in [2.05, 4.69) is 43.8 Å². The van der Waals surface area contributed by atoms with Gasteiger partial charge in [0.2, 0.25) is 0 Å². The summed E-state index contributed by atoms with van der Waals surface area (Å²) >= 11 is 0. The molecule has 16 heavy (non-hydrogen) atoms. The van der Waals surface area contributed by atoms with Crippen molar-refractivity contribution in [2.24, 2.45) is 0 Å². The highest BCUT2D eigenvalue weighted by molar-refractivity contribution is 5.92. The number of benzene rings is 2. The van der Waals surface area contributed by atoms with Gasteiger partial charge in [-0.1, -0.05) is 48.5 Å². The molecule has 2 aromatic rings. The molecule has 0 N–H and O–H groups in total. The molecule has 80 valence electrons. The first kappa shape index (κ1) is 10.6. The Morgan fingerprint density at radius 2 is 1.88 bits per heavy atom. The monoisotopic (exact) mass is 210 g/mol. The predicted molar refractivity (Wildman–Crippen MR) is 67.6 cm³/mol. The average Bonchev–Trinajstić information content (AvgIpc) is 2.29. The maximum absolute atomic E-state index is 11.3. The van der Waals surface area contributed by atoms with Crippen LogP contribution in [0.3, 0.4) is 0 Å². The molecule has 0 aliphatic rings. The third kappa shape index (κ3) is 2.19. The number of carbonyl (C=O) groups is 1. The zero-order valence-electron chi connectivity index (χ0n) is 9.36. The summed E-state index contributed by atoms with van der Waals surface area (Å²) in [6.07, 6.45) is 1.81. The first-order valence-corrected chi connectivity index (χ1v) is 5.33. The molecular formula is C15H14O. The quantitative estimate of drug-likeness (QED) is 0.709. The number of carbonyl (C=O) groups excluding carboxylic acids is 1. The lowest BCUT2D eigenvalue weighted by atomic mass is 10.0. The largest absolute Gasteiger partial charge is 0.295 e. The lowest BCUT2D eigenvalue weighted by Gasteiger charge is -2.03. The molecule has 0 aliphatic heterocycles. The number of aryl methyl sites for hydroxylation is 1. The first-order chi connectivity index (χ1) is 7.69. The van der Waals surface area contributed by atoms with Crippen LogP contribution >= 0.6 is 0 Å². The van der Waals surface area contributed by atoms with Crippen molar-refractivity contribution < 1.29 is 4.79 Å². The van der Waals surface area contributed by atoms with E-state index in [9.17, 15) is 4.79 Å². The first-order valence-electron chi connectivity index (χ1n) is 5.33. The summed E-state index contributed by atoms with van der Waals surface area (Å²) in [5.41, 5.74) is 2.30. The highest BCUT2D eigenvalue weighted by atomic mass is 16.1. The Morgan fingerprint density at radius 1 is 1.19 bits per heavy atom. The zero-order valence-corrected chi connectivity index (χ0v) is 9.36. The van der Waals surface area contributed by atoms with Crippen molar-refractivity contribution in [1.82, 2.24) is 0 Å². The molecule has 1 nitrogen and oxygen atoms in total. The highest BCUT2D eigenvalue weighted by Crippen LogP contribution is 2.18. The molecule has 0 saturated carbocycles. The van der Waals surface area contributed by atoms with Crippen LogP contribution in [0.2, 0.25) is 0 Å². The number of hydrogen-bond donors (Lipinski definition) is 0. The van der Waals surface area contributed by atoms with Crippen LogP contribution in [0.15, 0.2) is 49.1 Å². The molecule has 1 heteroatoms. The van der Waals surface area contributed by atoms with Crippen molar-refractivity contribution in [3.63, 3.8) is 0 Å². The van der Waals surface area contributed by atoms with E-state index in [1.54, 1.807) is 0 Å². The van der Waals surface area contributed by atoms with E-state index < -0.39 is 0 Å². The minimum Gasteiger partial charge on any atom is -0.295 e. The molecule has 0 atom stereocenters.